The van der Waals surface area contributed by atoms with Gasteiger partial charge in [0, 0.05) is 24.2 Å². The summed E-state index contributed by atoms with van der Waals surface area (Å²) in [4.78, 5) is 21.5. The summed E-state index contributed by atoms with van der Waals surface area (Å²) in [6.07, 6.45) is 2.30. The highest BCUT2D eigenvalue weighted by Crippen LogP contribution is 2.33. The molecule has 0 unspecified atom stereocenters. The topological polar surface area (TPSA) is 134 Å². The van der Waals surface area contributed by atoms with E-state index in [9.17, 15) is 13.2 Å². The van der Waals surface area contributed by atoms with Crippen LogP contribution in [0.5, 0.6) is 5.75 Å². The highest BCUT2D eigenvalue weighted by atomic mass is 35.5. The first kappa shape index (κ1) is 29.3. The molecule has 0 spiro atoms. The normalized spacial score (nSPS) is 14.8. The van der Waals surface area contributed by atoms with Crippen molar-refractivity contribution in [3.8, 4) is 5.75 Å². The number of carbonyl (C=O) groups excluding carboxylic acids is 1. The quantitative estimate of drug-likeness (QED) is 0.202. The molecule has 1 amide bonds. The summed E-state index contributed by atoms with van der Waals surface area (Å²) in [6, 6.07) is 18.3. The van der Waals surface area contributed by atoms with Gasteiger partial charge in [-0.05, 0) is 61.9 Å². The number of para-hydroxylation sites is 2. The van der Waals surface area contributed by atoms with Crippen molar-refractivity contribution in [2.75, 3.05) is 29.0 Å². The van der Waals surface area contributed by atoms with Crippen molar-refractivity contribution in [2.45, 2.75) is 30.2 Å². The van der Waals surface area contributed by atoms with Crippen LogP contribution in [0.3, 0.4) is 0 Å². The number of anilines is 4. The van der Waals surface area contributed by atoms with E-state index in [2.05, 4.69) is 30.6 Å². The minimum Gasteiger partial charge on any atom is -0.497 e. The minimum absolute atomic E-state index is 0. The van der Waals surface area contributed by atoms with Crippen LogP contribution in [0.2, 0.25) is 5.02 Å². The molecule has 10 nitrogen and oxygen atoms in total. The summed E-state index contributed by atoms with van der Waals surface area (Å²) in [5, 5.41) is 9.54. The van der Waals surface area contributed by atoms with Gasteiger partial charge in [0.1, 0.15) is 5.75 Å². The standard InChI is InChI=1S/C27H27ClN6O4S.ClH/c1-38-19-11-12-21(28)24(16-19)33-26-27(32-23-10-3-2-9-22(23)31-26)34-39(36,37)20-8-4-6-18(14-20)30-25(35)15-17-7-5-13-29-17;/h2-4,6,8-12,14,16-17,29H,5,7,13,15H2,1H3,(H,30,35)(H,31,33)(H,32,34);1H/t17-;/m1./s1. The van der Waals surface area contributed by atoms with Crippen LogP contribution in [0.15, 0.2) is 71.6 Å². The zero-order valence-electron chi connectivity index (χ0n) is 21.5. The number of sulfonamides is 1. The Labute approximate surface area is 243 Å². The summed E-state index contributed by atoms with van der Waals surface area (Å²) in [7, 11) is -2.58. The second-order valence-electron chi connectivity index (χ2n) is 9.06. The van der Waals surface area contributed by atoms with Gasteiger partial charge in [-0.1, -0.05) is 29.8 Å². The Morgan fingerprint density at radius 1 is 1.05 bits per heavy atom. The largest absolute Gasteiger partial charge is 0.497 e. The van der Waals surface area contributed by atoms with Crippen molar-refractivity contribution in [1.29, 1.82) is 0 Å². The van der Waals surface area contributed by atoms with E-state index in [4.69, 9.17) is 16.3 Å². The van der Waals surface area contributed by atoms with Crippen molar-refractivity contribution in [3.05, 3.63) is 71.8 Å². The number of carbonyl (C=O) groups is 1. The molecule has 210 valence electrons. The zero-order chi connectivity index (χ0) is 27.4. The number of aromatic nitrogens is 2. The molecule has 1 saturated heterocycles. The molecular weight excluding hydrogens is 575 g/mol. The lowest BCUT2D eigenvalue weighted by atomic mass is 10.1. The summed E-state index contributed by atoms with van der Waals surface area (Å²) in [5.74, 6) is 0.509. The third-order valence-corrected chi connectivity index (χ3v) is 7.92. The van der Waals surface area contributed by atoms with Crippen LogP contribution in [-0.2, 0) is 14.8 Å². The van der Waals surface area contributed by atoms with E-state index in [1.165, 1.54) is 19.2 Å². The van der Waals surface area contributed by atoms with Crippen molar-refractivity contribution >= 4 is 74.0 Å². The second kappa shape index (κ2) is 12.7. The van der Waals surface area contributed by atoms with Crippen molar-refractivity contribution in [2.24, 2.45) is 0 Å². The van der Waals surface area contributed by atoms with Crippen LogP contribution in [0, 0.1) is 0 Å². The first-order valence-electron chi connectivity index (χ1n) is 12.3. The summed E-state index contributed by atoms with van der Waals surface area (Å²) >= 11 is 6.37. The third kappa shape index (κ3) is 6.92. The van der Waals surface area contributed by atoms with E-state index in [1.807, 2.05) is 6.07 Å². The number of amides is 1. The molecule has 0 saturated carbocycles. The number of benzene rings is 3. The monoisotopic (exact) mass is 602 g/mol. The number of hydrogen-bond donors (Lipinski definition) is 4. The summed E-state index contributed by atoms with van der Waals surface area (Å²) < 4.78 is 34.7. The fourth-order valence-corrected chi connectivity index (χ4v) is 5.53. The molecule has 2 heterocycles. The smallest absolute Gasteiger partial charge is 0.263 e. The van der Waals surface area contributed by atoms with Gasteiger partial charge in [0.25, 0.3) is 10.0 Å². The number of ether oxygens (including phenoxy) is 1. The molecule has 3 aromatic carbocycles. The van der Waals surface area contributed by atoms with Gasteiger partial charge in [-0.2, -0.15) is 0 Å². The molecule has 4 aromatic rings. The number of nitrogens with zero attached hydrogens (tertiary/aromatic N) is 2. The van der Waals surface area contributed by atoms with Crippen LogP contribution in [0.25, 0.3) is 11.0 Å². The van der Waals surface area contributed by atoms with Gasteiger partial charge >= 0.3 is 0 Å². The fourth-order valence-electron chi connectivity index (χ4n) is 4.31. The molecule has 1 aliphatic heterocycles. The van der Waals surface area contributed by atoms with Crippen LogP contribution in [0.1, 0.15) is 19.3 Å². The molecule has 0 aliphatic carbocycles. The number of nitrogens with one attached hydrogen (secondary N) is 4. The number of fused-ring (bicyclic) bond motifs is 1. The van der Waals surface area contributed by atoms with Crippen LogP contribution in [-0.4, -0.2) is 44.0 Å². The van der Waals surface area contributed by atoms with Crippen LogP contribution in [0.4, 0.5) is 23.0 Å². The summed E-state index contributed by atoms with van der Waals surface area (Å²) in [5.41, 5.74) is 1.90. The molecule has 5 rings (SSSR count). The van der Waals surface area contributed by atoms with Gasteiger partial charge in [0.15, 0.2) is 11.6 Å². The van der Waals surface area contributed by atoms with E-state index in [-0.39, 0.29) is 40.9 Å². The average Bonchev–Trinajstić information content (AvgIpc) is 3.43. The lowest BCUT2D eigenvalue weighted by Gasteiger charge is -2.15. The predicted octanol–water partition coefficient (Wildman–Crippen LogP) is 5.34. The molecule has 4 N–H and O–H groups in total. The number of rotatable bonds is 9. The maximum absolute atomic E-state index is 13.5. The van der Waals surface area contributed by atoms with Gasteiger partial charge in [-0.15, -0.1) is 12.4 Å². The Hall–Kier alpha value is -3.64. The second-order valence-corrected chi connectivity index (χ2v) is 11.1. The van der Waals surface area contributed by atoms with Crippen molar-refractivity contribution in [3.63, 3.8) is 0 Å². The molecular formula is C27H28Cl2N6O4S. The third-order valence-electron chi connectivity index (χ3n) is 6.25. The van der Waals surface area contributed by atoms with E-state index >= 15 is 0 Å². The van der Waals surface area contributed by atoms with E-state index < -0.39 is 10.0 Å². The van der Waals surface area contributed by atoms with Crippen LogP contribution >= 0.6 is 24.0 Å². The highest BCUT2D eigenvalue weighted by Gasteiger charge is 2.21. The van der Waals surface area contributed by atoms with E-state index in [0.717, 1.165) is 19.4 Å². The zero-order valence-corrected chi connectivity index (χ0v) is 23.9. The first-order chi connectivity index (χ1) is 18.8. The Morgan fingerprint density at radius 3 is 2.50 bits per heavy atom. The molecule has 0 radical (unpaired) electrons. The van der Waals surface area contributed by atoms with Gasteiger partial charge in [0.2, 0.25) is 5.91 Å². The van der Waals surface area contributed by atoms with Gasteiger partial charge in [0.05, 0.1) is 33.7 Å². The fraction of sp³-hybridized carbons (Fsp3) is 0.222. The maximum atomic E-state index is 13.5. The minimum atomic E-state index is -4.11. The molecule has 1 aromatic heterocycles. The highest BCUT2D eigenvalue weighted by molar-refractivity contribution is 7.92. The van der Waals surface area contributed by atoms with E-state index in [1.54, 1.807) is 48.5 Å². The van der Waals surface area contributed by atoms with Crippen molar-refractivity contribution in [1.82, 2.24) is 15.3 Å². The number of hydrogen-bond acceptors (Lipinski definition) is 8. The lowest BCUT2D eigenvalue weighted by molar-refractivity contribution is -0.116. The van der Waals surface area contributed by atoms with Gasteiger partial charge in [-0.25, -0.2) is 18.4 Å². The maximum Gasteiger partial charge on any atom is 0.263 e. The predicted molar refractivity (Wildman–Crippen MR) is 160 cm³/mol. The SMILES string of the molecule is COc1ccc(Cl)c(Nc2nc3ccccc3nc2NS(=O)(=O)c2cccc(NC(=O)C[C@H]3CCCN3)c2)c1.Cl. The Morgan fingerprint density at radius 2 is 1.80 bits per heavy atom. The molecule has 13 heteroatoms. The summed E-state index contributed by atoms with van der Waals surface area (Å²) in [6.45, 7) is 0.899. The number of halogens is 2. The molecule has 1 aliphatic rings. The molecule has 0 bridgehead atoms. The molecule has 40 heavy (non-hydrogen) atoms. The first-order valence-corrected chi connectivity index (χ1v) is 14.2. The van der Waals surface area contributed by atoms with Gasteiger partial charge < -0.3 is 20.7 Å². The molecule has 1 fully saturated rings. The average molecular weight is 604 g/mol. The van der Waals surface area contributed by atoms with Crippen LogP contribution < -0.4 is 25.4 Å². The van der Waals surface area contributed by atoms with Gasteiger partial charge in [-0.3, -0.25) is 9.52 Å². The Balaban J connectivity index is 0.00000370. The Bertz CT molecular complexity index is 1630. The number of methoxy groups -OCH3 is 1. The van der Waals surface area contributed by atoms with Crippen molar-refractivity contribution < 1.29 is 17.9 Å². The lowest BCUT2D eigenvalue weighted by Crippen LogP contribution is -2.27. The Kier molecular flexibility index (Phi) is 9.31. The van der Waals surface area contributed by atoms with E-state index in [0.29, 0.717) is 39.6 Å². The molecule has 1 atom stereocenters.